The summed E-state index contributed by atoms with van der Waals surface area (Å²) in [5.74, 6) is -6.28. The lowest BCUT2D eigenvalue weighted by molar-refractivity contribution is -0.635. The van der Waals surface area contributed by atoms with Gasteiger partial charge in [0.1, 0.15) is 0 Å². The molecule has 12 nitrogen and oxygen atoms in total. The molecule has 35 heavy (non-hydrogen) atoms. The summed E-state index contributed by atoms with van der Waals surface area (Å²) in [6.07, 6.45) is -1.41. The lowest BCUT2D eigenvalue weighted by atomic mass is 10.3. The first-order chi connectivity index (χ1) is 16.5. The number of rotatable bonds is 18. The molecule has 202 valence electrons. The van der Waals surface area contributed by atoms with Crippen molar-refractivity contribution in [1.82, 2.24) is 4.98 Å². The summed E-state index contributed by atoms with van der Waals surface area (Å²) in [5.41, 5.74) is 0.435. The summed E-state index contributed by atoms with van der Waals surface area (Å²) >= 11 is 0. The van der Waals surface area contributed by atoms with Crippen molar-refractivity contribution < 1.29 is 52.2 Å². The zero-order valence-corrected chi connectivity index (χ0v) is 22.1. The fourth-order valence-electron chi connectivity index (χ4n) is 2.81. The van der Waals surface area contributed by atoms with E-state index in [1.54, 1.807) is 45.2 Å². The van der Waals surface area contributed by atoms with Crippen LogP contribution < -0.4 is 0 Å². The summed E-state index contributed by atoms with van der Waals surface area (Å²) in [7, 11) is 3.98. The van der Waals surface area contributed by atoms with E-state index in [2.05, 4.69) is 4.98 Å². The first kappa shape index (κ1) is 31.3. The van der Waals surface area contributed by atoms with Crippen molar-refractivity contribution >= 4 is 5.97 Å². The van der Waals surface area contributed by atoms with E-state index in [1.165, 1.54) is 42.1 Å². The monoisotopic (exact) mass is 505 g/mol. The molecule has 0 radical (unpaired) electrons. The molecule has 0 aliphatic carbocycles. The average Bonchev–Trinajstić information content (AvgIpc) is 2.79. The zero-order chi connectivity index (χ0) is 26.6. The van der Waals surface area contributed by atoms with Crippen LogP contribution in [-0.4, -0.2) is 76.2 Å². The van der Waals surface area contributed by atoms with Crippen molar-refractivity contribution in [2.24, 2.45) is 0 Å². The summed E-state index contributed by atoms with van der Waals surface area (Å²) in [5, 5.41) is 0. The van der Waals surface area contributed by atoms with Gasteiger partial charge in [0.2, 0.25) is 0 Å². The van der Waals surface area contributed by atoms with Gasteiger partial charge in [0.15, 0.2) is 0 Å². The number of nitrogens with zero attached hydrogens (tertiary/aromatic N) is 1. The molecule has 1 heterocycles. The Bertz CT molecular complexity index is 697. The van der Waals surface area contributed by atoms with Crippen LogP contribution in [-0.2, 0) is 58.6 Å². The Morgan fingerprint density at radius 3 is 1.51 bits per heavy atom. The van der Waals surface area contributed by atoms with Gasteiger partial charge in [-0.3, -0.25) is 9.78 Å². The number of hydrogen-bond donors (Lipinski definition) is 0. The van der Waals surface area contributed by atoms with Gasteiger partial charge in [-0.05, 0) is 32.9 Å². The molecule has 3 atom stereocenters. The van der Waals surface area contributed by atoms with E-state index in [0.29, 0.717) is 5.69 Å². The summed E-state index contributed by atoms with van der Waals surface area (Å²) in [4.78, 5) is 17.2. The Labute approximate surface area is 207 Å². The van der Waals surface area contributed by atoms with Gasteiger partial charge < -0.3 is 33.2 Å². The Morgan fingerprint density at radius 1 is 0.771 bits per heavy atom. The van der Waals surface area contributed by atoms with E-state index in [4.69, 9.17) is 47.4 Å². The number of aromatic nitrogens is 1. The van der Waals surface area contributed by atoms with E-state index in [0.717, 1.165) is 0 Å². The van der Waals surface area contributed by atoms with Gasteiger partial charge in [0.25, 0.3) is 17.9 Å². The Morgan fingerprint density at radius 2 is 1.20 bits per heavy atom. The van der Waals surface area contributed by atoms with Gasteiger partial charge in [-0.25, -0.2) is 14.2 Å². The minimum atomic E-state index is -2.72. The van der Waals surface area contributed by atoms with E-state index in [-0.39, 0.29) is 26.2 Å². The molecule has 1 aromatic heterocycles. The predicted molar refractivity (Wildman–Crippen MR) is 121 cm³/mol. The number of pyridine rings is 1. The van der Waals surface area contributed by atoms with Gasteiger partial charge in [-0.1, -0.05) is 6.07 Å². The van der Waals surface area contributed by atoms with Crippen LogP contribution in [0.4, 0.5) is 0 Å². The zero-order valence-electron chi connectivity index (χ0n) is 22.1. The van der Waals surface area contributed by atoms with Crippen molar-refractivity contribution in [2.45, 2.75) is 72.0 Å². The molecular weight excluding hydrogens is 466 g/mol. The maximum Gasteiger partial charge on any atom is 0.475 e. The molecule has 3 unspecified atom stereocenters. The van der Waals surface area contributed by atoms with Crippen LogP contribution in [0.15, 0.2) is 24.4 Å². The third kappa shape index (κ3) is 10.0. The van der Waals surface area contributed by atoms with Crippen LogP contribution in [0.3, 0.4) is 0 Å². The standard InChI is InChI=1S/C23H39NO11/c1-10-29-20(4,26-7)33-23(34-21(5,27-8)30-11-2,35-22(6,28-9)31-12-3)32-19(25)17-18-15-13-14-16-24-18/h13-16H,10-12,17H2,1-9H3. The molecule has 0 amide bonds. The number of carbonyl (C=O) groups is 1. The molecule has 0 aliphatic heterocycles. The number of ether oxygens (including phenoxy) is 10. The van der Waals surface area contributed by atoms with Crippen molar-refractivity contribution in [3.63, 3.8) is 0 Å². The lowest BCUT2D eigenvalue weighted by Gasteiger charge is -2.44. The number of methoxy groups -OCH3 is 3. The highest BCUT2D eigenvalue weighted by atomic mass is 17.1. The van der Waals surface area contributed by atoms with Gasteiger partial charge in [0, 0.05) is 68.1 Å². The molecule has 0 aliphatic rings. The molecule has 0 bridgehead atoms. The van der Waals surface area contributed by atoms with E-state index in [1.807, 2.05) is 0 Å². The number of esters is 1. The van der Waals surface area contributed by atoms with Crippen LogP contribution in [0.5, 0.6) is 0 Å². The molecule has 0 aromatic carbocycles. The molecule has 0 saturated heterocycles. The second-order valence-electron chi connectivity index (χ2n) is 7.28. The van der Waals surface area contributed by atoms with Crippen molar-refractivity contribution in [2.75, 3.05) is 41.2 Å². The van der Waals surface area contributed by atoms with Crippen molar-refractivity contribution in [1.29, 1.82) is 0 Å². The molecule has 0 saturated carbocycles. The molecule has 0 fully saturated rings. The van der Waals surface area contributed by atoms with E-state index < -0.39 is 30.0 Å². The summed E-state index contributed by atoms with van der Waals surface area (Å²) < 4.78 is 56.3. The largest absolute Gasteiger partial charge is 0.475 e. The Hall–Kier alpha value is -1.74. The topological polar surface area (TPSA) is 122 Å². The molecular formula is C23H39NO11. The highest BCUT2D eigenvalue weighted by Crippen LogP contribution is 2.36. The summed E-state index contributed by atoms with van der Waals surface area (Å²) in [6.45, 7) is 9.95. The van der Waals surface area contributed by atoms with Gasteiger partial charge >= 0.3 is 12.1 Å². The molecule has 0 spiro atoms. The average molecular weight is 506 g/mol. The molecule has 0 N–H and O–H groups in total. The third-order valence-electron chi connectivity index (χ3n) is 4.55. The minimum Gasteiger partial charge on any atom is -0.383 e. The second-order valence-corrected chi connectivity index (χ2v) is 7.28. The summed E-state index contributed by atoms with van der Waals surface area (Å²) in [6, 6.07) is 5.11. The smallest absolute Gasteiger partial charge is 0.383 e. The van der Waals surface area contributed by atoms with Crippen molar-refractivity contribution in [3.05, 3.63) is 30.1 Å². The fraction of sp³-hybridized carbons (Fsp3) is 0.739. The number of carbonyl (C=O) groups excluding carboxylic acids is 1. The first-order valence-corrected chi connectivity index (χ1v) is 11.3. The third-order valence-corrected chi connectivity index (χ3v) is 4.55. The van der Waals surface area contributed by atoms with Crippen LogP contribution in [0.2, 0.25) is 0 Å². The van der Waals surface area contributed by atoms with E-state index in [9.17, 15) is 4.79 Å². The second kappa shape index (κ2) is 14.1. The highest BCUT2D eigenvalue weighted by molar-refractivity contribution is 5.72. The Kier molecular flexibility index (Phi) is 12.6. The van der Waals surface area contributed by atoms with Crippen LogP contribution in [0.1, 0.15) is 47.2 Å². The fourth-order valence-corrected chi connectivity index (χ4v) is 2.81. The van der Waals surface area contributed by atoms with E-state index >= 15 is 0 Å². The normalized spacial score (nSPS) is 18.7. The lowest BCUT2D eigenvalue weighted by Crippen LogP contribution is -2.60. The Balaban J connectivity index is 3.57. The van der Waals surface area contributed by atoms with Gasteiger partial charge in [0.05, 0.1) is 12.1 Å². The molecule has 1 aromatic rings. The van der Waals surface area contributed by atoms with Crippen LogP contribution >= 0.6 is 0 Å². The SMILES string of the molecule is CCOC(C)(OC)OC(OC(=O)Cc1ccccn1)(OC(C)(OC)OCC)OC(C)(OC)OCC. The van der Waals surface area contributed by atoms with Crippen LogP contribution in [0, 0.1) is 0 Å². The van der Waals surface area contributed by atoms with Crippen LogP contribution in [0.25, 0.3) is 0 Å². The minimum absolute atomic E-state index is 0.169. The maximum absolute atomic E-state index is 13.1. The first-order valence-electron chi connectivity index (χ1n) is 11.3. The maximum atomic E-state index is 13.1. The van der Waals surface area contributed by atoms with Gasteiger partial charge in [-0.15, -0.1) is 0 Å². The van der Waals surface area contributed by atoms with Crippen molar-refractivity contribution in [3.8, 4) is 0 Å². The number of hydrogen-bond acceptors (Lipinski definition) is 12. The molecule has 1 rings (SSSR count). The molecule has 12 heteroatoms. The van der Waals surface area contributed by atoms with Gasteiger partial charge in [-0.2, -0.15) is 0 Å². The predicted octanol–water partition coefficient (Wildman–Crippen LogP) is 2.90. The highest BCUT2D eigenvalue weighted by Gasteiger charge is 2.57. The quantitative estimate of drug-likeness (QED) is 0.215.